The number of hydrogen-bond acceptors (Lipinski definition) is 8. The van der Waals surface area contributed by atoms with E-state index in [1.54, 1.807) is 6.20 Å². The quantitative estimate of drug-likeness (QED) is 0.117. The van der Waals surface area contributed by atoms with Gasteiger partial charge in [-0.25, -0.2) is 9.97 Å². The van der Waals surface area contributed by atoms with Gasteiger partial charge in [-0.1, -0.05) is 69.6 Å². The molecule has 12 heteroatoms. The fourth-order valence-electron chi connectivity index (χ4n) is 7.91. The first-order chi connectivity index (χ1) is 22.4. The highest BCUT2D eigenvalue weighted by atomic mass is 79.9. The van der Waals surface area contributed by atoms with Crippen molar-refractivity contribution < 1.29 is 18.8 Å². The van der Waals surface area contributed by atoms with Gasteiger partial charge in [-0.15, -0.1) is 0 Å². The molecule has 0 saturated heterocycles. The summed E-state index contributed by atoms with van der Waals surface area (Å²) < 4.78 is 16.6. The Bertz CT molecular complexity index is 1530. The maximum Gasteiger partial charge on any atom is 0.218 e. The number of benzene rings is 1. The van der Waals surface area contributed by atoms with Gasteiger partial charge in [0.05, 0.1) is 29.5 Å². The Balaban J connectivity index is 1.64. The maximum absolute atomic E-state index is 14.2. The zero-order chi connectivity index (χ0) is 35.6. The first-order valence-electron chi connectivity index (χ1n) is 17.3. The summed E-state index contributed by atoms with van der Waals surface area (Å²) in [4.78, 5) is 23.0. The Kier molecular flexibility index (Phi) is 12.3. The Morgan fingerprint density at radius 3 is 2.33 bits per heavy atom. The lowest BCUT2D eigenvalue weighted by Gasteiger charge is -2.45. The molecule has 0 spiro atoms. The zero-order valence-electron chi connectivity index (χ0n) is 30.7. The largest absolute Gasteiger partial charge is 0.413 e. The van der Waals surface area contributed by atoms with Crippen LogP contribution in [0.1, 0.15) is 95.5 Å². The minimum Gasteiger partial charge on any atom is -0.413 e. The fraction of sp³-hybridized carbons (Fsp3) is 0.611. The van der Waals surface area contributed by atoms with Crippen molar-refractivity contribution in [1.29, 1.82) is 0 Å². The normalized spacial score (nSPS) is 19.1. The Labute approximate surface area is 298 Å². The molecule has 2 N–H and O–H groups in total. The molecule has 0 radical (unpaired) electrons. The number of aromatic nitrogens is 4. The predicted molar refractivity (Wildman–Crippen MR) is 202 cm³/mol. The smallest absolute Gasteiger partial charge is 0.218 e. The summed E-state index contributed by atoms with van der Waals surface area (Å²) in [7, 11) is -4.10. The van der Waals surface area contributed by atoms with E-state index >= 15 is 0 Å². The van der Waals surface area contributed by atoms with Gasteiger partial charge < -0.3 is 19.3 Å². The van der Waals surface area contributed by atoms with Crippen LogP contribution in [0.2, 0.25) is 36.3 Å². The summed E-state index contributed by atoms with van der Waals surface area (Å²) in [6.07, 6.45) is 4.43. The molecule has 0 unspecified atom stereocenters. The number of carbonyl (C=O) groups is 1. The van der Waals surface area contributed by atoms with Crippen LogP contribution in [0, 0.1) is 5.92 Å². The summed E-state index contributed by atoms with van der Waals surface area (Å²) in [6.45, 7) is 24.8. The lowest BCUT2D eigenvalue weighted by atomic mass is 10.0. The summed E-state index contributed by atoms with van der Waals surface area (Å²) in [6, 6.07) is 9.93. The van der Waals surface area contributed by atoms with E-state index in [-0.39, 0.29) is 30.5 Å². The molecule has 1 saturated carbocycles. The van der Waals surface area contributed by atoms with Crippen LogP contribution in [0.15, 0.2) is 47.3 Å². The third kappa shape index (κ3) is 8.73. The molecule has 264 valence electrons. The Morgan fingerprint density at radius 2 is 1.75 bits per heavy atom. The van der Waals surface area contributed by atoms with Crippen LogP contribution in [-0.2, 0) is 21.0 Å². The van der Waals surface area contributed by atoms with Gasteiger partial charge in [0.1, 0.15) is 17.8 Å². The molecule has 0 aliphatic heterocycles. The minimum absolute atomic E-state index is 0.0106. The average molecular weight is 759 g/mol. The molecule has 1 aliphatic carbocycles. The number of ketones is 1. The summed E-state index contributed by atoms with van der Waals surface area (Å²) in [5.41, 5.74) is 3.23. The van der Waals surface area contributed by atoms with Gasteiger partial charge in [-0.2, -0.15) is 5.10 Å². The van der Waals surface area contributed by atoms with E-state index in [2.05, 4.69) is 98.5 Å². The molecule has 1 aliphatic rings. The second-order valence-electron chi connectivity index (χ2n) is 15.8. The SMILES string of the molecule is CC(C)[Si](O[C@H]1C[C@H](Nc2ncncc2C(=O)c2cc(C(C)(C)O[Si](C)(C)C)n(Cc3cccc(Br)c3)n2)C[C@@H]1CO)(C(C)C)C(C)C. The highest BCUT2D eigenvalue weighted by Gasteiger charge is 2.49. The Morgan fingerprint density at radius 1 is 1.08 bits per heavy atom. The molecule has 9 nitrogen and oxygen atoms in total. The number of anilines is 1. The molecule has 0 bridgehead atoms. The second kappa shape index (κ2) is 15.3. The van der Waals surface area contributed by atoms with Gasteiger partial charge in [-0.3, -0.25) is 9.48 Å². The van der Waals surface area contributed by atoms with Crippen LogP contribution in [-0.4, -0.2) is 66.0 Å². The van der Waals surface area contributed by atoms with Crippen molar-refractivity contribution in [2.24, 2.45) is 5.92 Å². The number of hydrogen-bond donors (Lipinski definition) is 2. The molecule has 4 rings (SSSR count). The maximum atomic E-state index is 14.2. The summed E-state index contributed by atoms with van der Waals surface area (Å²) in [5.74, 6) is 0.223. The average Bonchev–Trinajstić information content (AvgIpc) is 3.58. The van der Waals surface area contributed by atoms with Crippen LogP contribution in [0.4, 0.5) is 5.82 Å². The van der Waals surface area contributed by atoms with E-state index < -0.39 is 22.2 Å². The highest BCUT2D eigenvalue weighted by molar-refractivity contribution is 9.10. The summed E-state index contributed by atoms with van der Waals surface area (Å²) >= 11 is 3.58. The molecule has 1 aromatic carbocycles. The van der Waals surface area contributed by atoms with E-state index in [1.165, 1.54) is 6.33 Å². The van der Waals surface area contributed by atoms with Crippen LogP contribution in [0.5, 0.6) is 0 Å². The number of halogens is 1. The molecular formula is C36H56BrN5O4Si2. The standard InChI is InChI=1S/C36H56BrN5O4Si2/c1-23(2)48(24(3)4,25(5)6)45-32-17-29(16-27(32)21-43)40-35-30(19-38-22-39-35)34(44)31-18-33(36(7,8)46-47(9,10)11)42(41-31)20-26-13-12-14-28(37)15-26/h12-15,18-19,22-25,27,29,32,43H,16-17,20-21H2,1-11H3,(H,38,39,40)/t27-,29-,32+/m1/s1. The molecule has 1 fully saturated rings. The molecule has 0 amide bonds. The van der Waals surface area contributed by atoms with Crippen LogP contribution in [0.3, 0.4) is 0 Å². The molecule has 2 heterocycles. The van der Waals surface area contributed by atoms with E-state index in [0.29, 0.717) is 40.2 Å². The van der Waals surface area contributed by atoms with Crippen molar-refractivity contribution in [3.8, 4) is 0 Å². The van der Waals surface area contributed by atoms with E-state index in [9.17, 15) is 9.90 Å². The fourth-order valence-corrected chi connectivity index (χ4v) is 15.6. The third-order valence-corrected chi connectivity index (χ3v) is 17.4. The van der Waals surface area contributed by atoms with Gasteiger partial charge in [-0.05, 0) is 86.7 Å². The van der Waals surface area contributed by atoms with Crippen molar-refractivity contribution >= 4 is 44.2 Å². The van der Waals surface area contributed by atoms with Gasteiger partial charge in [0.2, 0.25) is 14.1 Å². The number of carbonyl (C=O) groups excluding carboxylic acids is 1. The highest BCUT2D eigenvalue weighted by Crippen LogP contribution is 2.46. The first-order valence-corrected chi connectivity index (χ1v) is 23.6. The van der Waals surface area contributed by atoms with E-state index in [4.69, 9.17) is 14.0 Å². The Hall–Kier alpha value is -2.23. The van der Waals surface area contributed by atoms with Crippen molar-refractivity contribution in [3.63, 3.8) is 0 Å². The summed E-state index contributed by atoms with van der Waals surface area (Å²) in [5, 5.41) is 18.8. The molecule has 48 heavy (non-hydrogen) atoms. The van der Waals surface area contributed by atoms with E-state index in [0.717, 1.165) is 28.6 Å². The van der Waals surface area contributed by atoms with Gasteiger partial charge in [0.25, 0.3) is 0 Å². The number of aliphatic hydroxyl groups is 1. The number of nitrogens with zero attached hydrogens (tertiary/aromatic N) is 4. The number of aliphatic hydroxyl groups excluding tert-OH is 1. The molecule has 3 aromatic rings. The third-order valence-electron chi connectivity index (χ3n) is 9.64. The zero-order valence-corrected chi connectivity index (χ0v) is 34.3. The van der Waals surface area contributed by atoms with Crippen molar-refractivity contribution in [3.05, 3.63) is 69.8 Å². The monoisotopic (exact) mass is 757 g/mol. The van der Waals surface area contributed by atoms with E-state index in [1.807, 2.05) is 42.8 Å². The van der Waals surface area contributed by atoms with Crippen LogP contribution < -0.4 is 5.32 Å². The van der Waals surface area contributed by atoms with Crippen molar-refractivity contribution in [1.82, 2.24) is 19.7 Å². The molecule has 3 atom stereocenters. The second-order valence-corrected chi connectivity index (χ2v) is 26.5. The van der Waals surface area contributed by atoms with Gasteiger partial charge >= 0.3 is 0 Å². The molecular weight excluding hydrogens is 703 g/mol. The number of rotatable bonds is 15. The van der Waals surface area contributed by atoms with Crippen molar-refractivity contribution in [2.45, 2.75) is 129 Å². The number of nitrogens with one attached hydrogen (secondary N) is 1. The van der Waals surface area contributed by atoms with Crippen LogP contribution in [0.25, 0.3) is 0 Å². The van der Waals surface area contributed by atoms with Crippen molar-refractivity contribution in [2.75, 3.05) is 11.9 Å². The minimum atomic E-state index is -2.15. The topological polar surface area (TPSA) is 111 Å². The lowest BCUT2D eigenvalue weighted by Crippen LogP contribution is -2.51. The predicted octanol–water partition coefficient (Wildman–Crippen LogP) is 8.55. The van der Waals surface area contributed by atoms with Crippen LogP contribution >= 0.6 is 15.9 Å². The molecule has 2 aromatic heterocycles. The first kappa shape index (κ1) is 38.6. The lowest BCUT2D eigenvalue weighted by molar-refractivity contribution is 0.0897. The van der Waals surface area contributed by atoms with Gasteiger partial charge in [0, 0.05) is 29.2 Å². The van der Waals surface area contributed by atoms with Gasteiger partial charge in [0.15, 0.2) is 8.32 Å².